The van der Waals surface area contributed by atoms with E-state index in [1.54, 1.807) is 26.3 Å². The number of fused-ring (bicyclic) bond motifs is 1. The van der Waals surface area contributed by atoms with Crippen LogP contribution in [0.25, 0.3) is 28.0 Å². The van der Waals surface area contributed by atoms with Crippen LogP contribution in [-0.4, -0.2) is 49.6 Å². The van der Waals surface area contributed by atoms with Gasteiger partial charge in [-0.15, -0.1) is 4.72 Å². The maximum atomic E-state index is 12.0. The third-order valence-electron chi connectivity index (χ3n) is 7.90. The van der Waals surface area contributed by atoms with Crippen LogP contribution in [0.2, 0.25) is 18.1 Å². The van der Waals surface area contributed by atoms with Crippen LogP contribution in [-0.2, 0) is 22.4 Å². The van der Waals surface area contributed by atoms with Crippen LogP contribution in [0.4, 0.5) is 0 Å². The Morgan fingerprint density at radius 2 is 1.82 bits per heavy atom. The lowest BCUT2D eigenvalue weighted by Gasteiger charge is -2.36. The van der Waals surface area contributed by atoms with Crippen LogP contribution in [0.15, 0.2) is 54.7 Å². The van der Waals surface area contributed by atoms with E-state index in [4.69, 9.17) is 19.5 Å². The van der Waals surface area contributed by atoms with E-state index in [2.05, 4.69) is 57.4 Å². The third-order valence-corrected chi connectivity index (χ3v) is 13.0. The van der Waals surface area contributed by atoms with Gasteiger partial charge in [0.15, 0.2) is 14.1 Å². The van der Waals surface area contributed by atoms with Crippen LogP contribution in [0, 0.1) is 11.8 Å². The SMILES string of the molecule is CCC[C@H](N[S+](C)[O-])c1cccc(-c2cc(C#CC(C)(C)O)c3cnn(-c4cccc(CO[Si](C)(C)C(C)(C)C)n4)c3c2)n1. The minimum Gasteiger partial charge on any atom is -0.598 e. The van der Waals surface area contributed by atoms with Crippen molar-refractivity contribution in [3.05, 3.63) is 71.7 Å². The highest BCUT2D eigenvalue weighted by atomic mass is 32.2. The number of hydrogen-bond acceptors (Lipinski definition) is 7. The lowest BCUT2D eigenvalue weighted by Crippen LogP contribution is -2.40. The Bertz CT molecular complexity index is 1660. The summed E-state index contributed by atoms with van der Waals surface area (Å²) in [6.45, 7) is 17.0. The van der Waals surface area contributed by atoms with E-state index in [1.165, 1.54) is 0 Å². The second-order valence-corrected chi connectivity index (χ2v) is 19.2. The largest absolute Gasteiger partial charge is 0.598 e. The summed E-state index contributed by atoms with van der Waals surface area (Å²) < 4.78 is 23.4. The van der Waals surface area contributed by atoms with Crippen LogP contribution >= 0.6 is 0 Å². The van der Waals surface area contributed by atoms with Gasteiger partial charge in [-0.25, -0.2) is 9.67 Å². The predicted molar refractivity (Wildman–Crippen MR) is 182 cm³/mol. The molecule has 3 heterocycles. The fourth-order valence-electron chi connectivity index (χ4n) is 4.48. The van der Waals surface area contributed by atoms with E-state index in [-0.39, 0.29) is 11.1 Å². The molecule has 0 saturated heterocycles. The normalized spacial score (nSPS) is 13.9. The molecule has 2 N–H and O–H groups in total. The van der Waals surface area contributed by atoms with E-state index in [9.17, 15) is 9.66 Å². The maximum absolute atomic E-state index is 12.0. The zero-order chi connectivity index (χ0) is 32.3. The molecule has 1 unspecified atom stereocenters. The minimum absolute atomic E-state index is 0.103. The second kappa shape index (κ2) is 13.5. The molecule has 0 radical (unpaired) electrons. The van der Waals surface area contributed by atoms with Gasteiger partial charge in [0, 0.05) is 27.9 Å². The molecular weight excluding hydrogens is 587 g/mol. The minimum atomic E-state index is -1.95. The number of hydrogen-bond donors (Lipinski definition) is 2. The molecule has 8 nitrogen and oxygen atoms in total. The standard InChI is InChI=1S/C34H45N5O3SSi/c1-10-13-30(38-43(7)41)29-16-12-15-28(37-29)25-20-24(18-19-34(5,6)40)27-22-35-39(31(27)21-25)32-17-11-14-26(36-32)23-42-44(8,9)33(2,3)4/h11-12,14-17,20-22,30,38,40H,10,13,23H2,1-9H3/t30-,43?/m0/s1. The van der Waals surface area contributed by atoms with Gasteiger partial charge in [0.05, 0.1) is 41.4 Å². The fraction of sp³-hybridized carbons (Fsp3) is 0.441. The highest BCUT2D eigenvalue weighted by Crippen LogP contribution is 2.37. The molecule has 0 saturated carbocycles. The monoisotopic (exact) mass is 631 g/mol. The second-order valence-electron chi connectivity index (χ2n) is 13.2. The summed E-state index contributed by atoms with van der Waals surface area (Å²) in [5.41, 5.74) is 3.67. The van der Waals surface area contributed by atoms with Gasteiger partial charge in [0.1, 0.15) is 11.9 Å². The van der Waals surface area contributed by atoms with E-state index < -0.39 is 25.3 Å². The number of aliphatic hydroxyl groups is 1. The lowest BCUT2D eigenvalue weighted by atomic mass is 10.0. The smallest absolute Gasteiger partial charge is 0.192 e. The summed E-state index contributed by atoms with van der Waals surface area (Å²) in [4.78, 5) is 9.91. The first kappa shape index (κ1) is 33.8. The van der Waals surface area contributed by atoms with Crippen LogP contribution in [0.5, 0.6) is 0 Å². The van der Waals surface area contributed by atoms with Crippen molar-refractivity contribution in [3.63, 3.8) is 0 Å². The van der Waals surface area contributed by atoms with Gasteiger partial charge in [0.25, 0.3) is 0 Å². The molecule has 0 spiro atoms. The van der Waals surface area contributed by atoms with E-state index >= 15 is 0 Å². The van der Waals surface area contributed by atoms with Crippen molar-refractivity contribution in [2.45, 2.75) is 90.8 Å². The highest BCUT2D eigenvalue weighted by molar-refractivity contribution is 7.88. The number of nitrogens with zero attached hydrogens (tertiary/aromatic N) is 4. The Kier molecular flexibility index (Phi) is 10.4. The first-order valence-electron chi connectivity index (χ1n) is 15.0. The average molecular weight is 632 g/mol. The zero-order valence-electron chi connectivity index (χ0n) is 27.4. The number of nitrogens with one attached hydrogen (secondary N) is 1. The molecule has 234 valence electrons. The van der Waals surface area contributed by atoms with Gasteiger partial charge in [-0.05, 0) is 74.8 Å². The van der Waals surface area contributed by atoms with E-state index in [1.807, 2.05) is 53.2 Å². The molecular formula is C34H45N5O3SSi. The van der Waals surface area contributed by atoms with Crippen LogP contribution in [0.1, 0.15) is 77.4 Å². The summed E-state index contributed by atoms with van der Waals surface area (Å²) in [7, 11) is -1.95. The Balaban J connectivity index is 1.81. The van der Waals surface area contributed by atoms with Gasteiger partial charge < -0.3 is 14.1 Å². The lowest BCUT2D eigenvalue weighted by molar-refractivity contribution is 0.143. The fourth-order valence-corrected chi connectivity index (χ4v) is 6.06. The van der Waals surface area contributed by atoms with Crippen molar-refractivity contribution < 1.29 is 14.1 Å². The molecule has 0 fully saturated rings. The van der Waals surface area contributed by atoms with Crippen molar-refractivity contribution >= 4 is 30.6 Å². The van der Waals surface area contributed by atoms with Crippen LogP contribution in [0.3, 0.4) is 0 Å². The Hall–Kier alpha value is -3.04. The molecule has 4 rings (SSSR count). The van der Waals surface area contributed by atoms with E-state index in [0.29, 0.717) is 12.4 Å². The molecule has 0 aliphatic rings. The molecule has 0 aliphatic carbocycles. The van der Waals surface area contributed by atoms with Crippen molar-refractivity contribution in [2.24, 2.45) is 0 Å². The molecule has 3 aromatic heterocycles. The van der Waals surface area contributed by atoms with Gasteiger partial charge in [0.2, 0.25) is 0 Å². The molecule has 2 atom stereocenters. The Morgan fingerprint density at radius 3 is 2.48 bits per heavy atom. The zero-order valence-corrected chi connectivity index (χ0v) is 29.2. The van der Waals surface area contributed by atoms with Gasteiger partial charge in [-0.3, -0.25) is 4.98 Å². The Morgan fingerprint density at radius 1 is 1.09 bits per heavy atom. The number of pyridine rings is 2. The predicted octanol–water partition coefficient (Wildman–Crippen LogP) is 6.85. The number of rotatable bonds is 10. The van der Waals surface area contributed by atoms with E-state index in [0.717, 1.165) is 52.0 Å². The number of benzene rings is 1. The quantitative estimate of drug-likeness (QED) is 0.112. The first-order valence-corrected chi connectivity index (χ1v) is 19.5. The summed E-state index contributed by atoms with van der Waals surface area (Å²) in [5, 5.41) is 16.0. The Labute approximate surface area is 266 Å². The molecule has 0 aliphatic heterocycles. The first-order chi connectivity index (χ1) is 20.6. The molecule has 1 aromatic carbocycles. The molecule has 0 bridgehead atoms. The van der Waals surface area contributed by atoms with Crippen molar-refractivity contribution in [1.29, 1.82) is 0 Å². The summed E-state index contributed by atoms with van der Waals surface area (Å²) in [5.74, 6) is 6.81. The van der Waals surface area contributed by atoms with Gasteiger partial charge >= 0.3 is 0 Å². The topological polar surface area (TPSA) is 108 Å². The number of aromatic nitrogens is 4. The van der Waals surface area contributed by atoms with Crippen LogP contribution < -0.4 is 4.72 Å². The van der Waals surface area contributed by atoms with Crippen molar-refractivity contribution in [1.82, 2.24) is 24.5 Å². The van der Waals surface area contributed by atoms with Gasteiger partial charge in [-0.1, -0.05) is 58.1 Å². The maximum Gasteiger partial charge on any atom is 0.192 e. The summed E-state index contributed by atoms with van der Waals surface area (Å²) in [6.07, 6.45) is 5.16. The molecule has 4 aromatic rings. The molecule has 10 heteroatoms. The molecule has 44 heavy (non-hydrogen) atoms. The van der Waals surface area contributed by atoms with Crippen molar-refractivity contribution in [3.8, 4) is 28.9 Å². The van der Waals surface area contributed by atoms with Crippen molar-refractivity contribution in [2.75, 3.05) is 6.26 Å². The van der Waals surface area contributed by atoms with Gasteiger partial charge in [-0.2, -0.15) is 5.10 Å². The summed E-state index contributed by atoms with van der Waals surface area (Å²) >= 11 is -1.17. The third kappa shape index (κ3) is 8.36. The summed E-state index contributed by atoms with van der Waals surface area (Å²) in [6, 6.07) is 15.7. The molecule has 0 amide bonds. The highest BCUT2D eigenvalue weighted by Gasteiger charge is 2.37. The average Bonchev–Trinajstić information content (AvgIpc) is 3.38.